The Morgan fingerprint density at radius 1 is 0.717 bits per heavy atom. The molecule has 9 nitrogen and oxygen atoms in total. The number of nitrogens with one attached hydrogen (secondary N) is 1. The topological polar surface area (TPSA) is 125 Å². The number of carbonyl (C=O) groups excluding carboxylic acids is 1. The first-order valence-corrected chi connectivity index (χ1v) is 21.6. The number of allylic oxidation sites excluding steroid dienone is 11. The van der Waals surface area contributed by atoms with E-state index >= 15 is 0 Å². The van der Waals surface area contributed by atoms with Crippen molar-refractivity contribution in [1.82, 2.24) is 5.32 Å². The van der Waals surface area contributed by atoms with Crippen LogP contribution in [0.1, 0.15) is 123 Å². The highest BCUT2D eigenvalue weighted by Crippen LogP contribution is 2.43. The van der Waals surface area contributed by atoms with Gasteiger partial charge in [0.05, 0.1) is 46.0 Å². The van der Waals surface area contributed by atoms with Gasteiger partial charge in [0.2, 0.25) is 5.91 Å². The minimum Gasteiger partial charge on any atom is -0.389 e. The number of likely N-dealkylation sites (N-methyl/N-ethyl adjacent to an activating group) is 1. The van der Waals surface area contributed by atoms with E-state index in [-0.39, 0.29) is 25.5 Å². The Morgan fingerprint density at radius 3 is 1.98 bits per heavy atom. The fourth-order valence-corrected chi connectivity index (χ4v) is 5.66. The number of carbonyl (C=O) groups is 1. The molecule has 0 saturated carbocycles. The molecule has 0 aliphatic heterocycles. The summed E-state index contributed by atoms with van der Waals surface area (Å²) in [6, 6.07) is -0.896. The number of rotatable bonds is 34. The third-order valence-electron chi connectivity index (χ3n) is 8.15. The number of phosphoric acid groups is 1. The number of quaternary nitrogens is 1. The van der Waals surface area contributed by atoms with E-state index in [9.17, 15) is 24.5 Å². The van der Waals surface area contributed by atoms with Crippen LogP contribution >= 0.6 is 7.82 Å². The van der Waals surface area contributed by atoms with Crippen LogP contribution in [0.5, 0.6) is 0 Å². The lowest BCUT2D eigenvalue weighted by molar-refractivity contribution is -0.870. The molecular formula is C43H76N2O7P+. The molecule has 0 heterocycles. The second-order valence-electron chi connectivity index (χ2n) is 14.5. The minimum absolute atomic E-state index is 0.0365. The number of amides is 1. The molecule has 0 aliphatic carbocycles. The van der Waals surface area contributed by atoms with Gasteiger partial charge >= 0.3 is 7.82 Å². The lowest BCUT2D eigenvalue weighted by Gasteiger charge is -2.25. The summed E-state index contributed by atoms with van der Waals surface area (Å²) in [6.07, 6.45) is 42.8. The Hall–Kier alpha value is -2.36. The smallest absolute Gasteiger partial charge is 0.389 e. The Bertz CT molecular complexity index is 1150. The average Bonchev–Trinajstić information content (AvgIpc) is 3.10. The number of hydrogen-bond donors (Lipinski definition) is 4. The first-order chi connectivity index (χ1) is 25.4. The zero-order valence-electron chi connectivity index (χ0n) is 33.8. The van der Waals surface area contributed by atoms with Crippen LogP contribution in [0.3, 0.4) is 0 Å². The molecule has 0 fully saturated rings. The number of aliphatic hydroxyl groups excluding tert-OH is 2. The monoisotopic (exact) mass is 764 g/mol. The van der Waals surface area contributed by atoms with Crippen LogP contribution < -0.4 is 5.32 Å². The first-order valence-electron chi connectivity index (χ1n) is 20.1. The molecule has 0 saturated heterocycles. The summed E-state index contributed by atoms with van der Waals surface area (Å²) in [5.41, 5.74) is 0. The largest absolute Gasteiger partial charge is 0.472 e. The number of unbranched alkanes of at least 4 members (excludes halogenated alkanes) is 9. The SMILES string of the molecule is CC/C=C\C(O)C/C=C/C=C\C/C=C\C/C=C\CCCC(=O)N[C@@H](COP(=O)(O)OCC[N+](C)(C)C)[C@H](O)/C=C/CCCCCCCC/C=C\CCC. The molecule has 4 N–H and O–H groups in total. The Balaban J connectivity index is 4.67. The van der Waals surface area contributed by atoms with E-state index < -0.39 is 26.1 Å². The van der Waals surface area contributed by atoms with Crippen molar-refractivity contribution < 1.29 is 38.0 Å². The van der Waals surface area contributed by atoms with Gasteiger partial charge in [0, 0.05) is 6.42 Å². The van der Waals surface area contributed by atoms with Gasteiger partial charge in [-0.2, -0.15) is 0 Å². The normalized spacial score (nSPS) is 16.0. The lowest BCUT2D eigenvalue weighted by atomic mass is 10.1. The van der Waals surface area contributed by atoms with E-state index in [1.54, 1.807) is 6.08 Å². The summed E-state index contributed by atoms with van der Waals surface area (Å²) in [6.45, 7) is 4.43. The molecule has 0 aromatic heterocycles. The summed E-state index contributed by atoms with van der Waals surface area (Å²) >= 11 is 0. The van der Waals surface area contributed by atoms with Gasteiger partial charge in [-0.3, -0.25) is 13.8 Å². The predicted molar refractivity (Wildman–Crippen MR) is 222 cm³/mol. The van der Waals surface area contributed by atoms with Crippen LogP contribution in [0.2, 0.25) is 0 Å². The van der Waals surface area contributed by atoms with Crippen molar-refractivity contribution in [3.05, 3.63) is 85.1 Å². The van der Waals surface area contributed by atoms with Gasteiger partial charge in [0.1, 0.15) is 13.2 Å². The minimum atomic E-state index is -4.37. The highest BCUT2D eigenvalue weighted by atomic mass is 31.2. The molecular weight excluding hydrogens is 687 g/mol. The molecule has 0 rings (SSSR count). The van der Waals surface area contributed by atoms with E-state index in [1.165, 1.54) is 38.5 Å². The van der Waals surface area contributed by atoms with Crippen molar-refractivity contribution in [2.75, 3.05) is 40.9 Å². The van der Waals surface area contributed by atoms with Gasteiger partial charge in [0.25, 0.3) is 0 Å². The van der Waals surface area contributed by atoms with E-state index in [4.69, 9.17) is 9.05 Å². The predicted octanol–water partition coefficient (Wildman–Crippen LogP) is 9.60. The van der Waals surface area contributed by atoms with Crippen molar-refractivity contribution >= 4 is 13.7 Å². The number of phosphoric ester groups is 1. The summed E-state index contributed by atoms with van der Waals surface area (Å²) in [5.74, 6) is -0.258. The summed E-state index contributed by atoms with van der Waals surface area (Å²) in [4.78, 5) is 23.0. The van der Waals surface area contributed by atoms with Crippen molar-refractivity contribution in [3.8, 4) is 0 Å². The van der Waals surface area contributed by atoms with Gasteiger partial charge in [-0.25, -0.2) is 4.57 Å². The first kappa shape index (κ1) is 50.6. The Kier molecular flexibility index (Phi) is 32.6. The standard InChI is InChI=1S/C43H75N2O7P/c1-6-8-10-11-12-13-14-15-19-22-25-28-31-35-42(47)41(39-52-53(49,50)51-38-37-45(3,4)5)44-43(48)36-32-29-26-23-20-17-16-18-21-24-27-30-34-40(46)33-9-7-2/h9-11,16-17,21,23-24,26-27,30-31,33,35,40-42,46-47H,6-8,12-15,18-20,22,25,28-29,32,34,36-39H2,1-5H3,(H-,44,48,49,50)/p+1/b11-10-,17-16-,24-21-,26-23-,30-27+,33-9-,35-31+/t40?,41-,42+/m0/s1. The number of hydrogen-bond acceptors (Lipinski definition) is 6. The lowest BCUT2D eigenvalue weighted by Crippen LogP contribution is -2.45. The van der Waals surface area contributed by atoms with Crippen molar-refractivity contribution in [1.29, 1.82) is 0 Å². The van der Waals surface area contributed by atoms with Gasteiger partial charge in [0.15, 0.2) is 0 Å². The van der Waals surface area contributed by atoms with Crippen molar-refractivity contribution in [2.24, 2.45) is 0 Å². The Morgan fingerprint density at radius 2 is 1.30 bits per heavy atom. The molecule has 10 heteroatoms. The van der Waals surface area contributed by atoms with Gasteiger partial charge in [-0.05, 0) is 70.6 Å². The quantitative estimate of drug-likeness (QED) is 0.0169. The molecule has 0 aliphatic rings. The van der Waals surface area contributed by atoms with E-state index in [1.807, 2.05) is 70.6 Å². The molecule has 0 aromatic rings. The van der Waals surface area contributed by atoms with Crippen LogP contribution in [0.4, 0.5) is 0 Å². The van der Waals surface area contributed by atoms with E-state index in [2.05, 4.69) is 48.7 Å². The summed E-state index contributed by atoms with van der Waals surface area (Å²) in [5, 5.41) is 23.5. The van der Waals surface area contributed by atoms with Crippen molar-refractivity contribution in [3.63, 3.8) is 0 Å². The molecule has 304 valence electrons. The molecule has 53 heavy (non-hydrogen) atoms. The van der Waals surface area contributed by atoms with Crippen LogP contribution in [-0.4, -0.2) is 84.6 Å². The maximum absolute atomic E-state index is 12.8. The molecule has 2 unspecified atom stereocenters. The molecule has 0 bridgehead atoms. The van der Waals surface area contributed by atoms with Crippen LogP contribution in [0.25, 0.3) is 0 Å². The average molecular weight is 764 g/mol. The van der Waals surface area contributed by atoms with Crippen LogP contribution in [0.15, 0.2) is 85.1 Å². The van der Waals surface area contributed by atoms with Gasteiger partial charge in [-0.1, -0.05) is 131 Å². The van der Waals surface area contributed by atoms with Crippen LogP contribution in [0, 0.1) is 0 Å². The highest BCUT2D eigenvalue weighted by Gasteiger charge is 2.27. The third-order valence-corrected chi connectivity index (χ3v) is 9.13. The fourth-order valence-electron chi connectivity index (χ4n) is 4.92. The van der Waals surface area contributed by atoms with E-state index in [0.717, 1.165) is 51.4 Å². The third kappa shape index (κ3) is 36.4. The summed E-state index contributed by atoms with van der Waals surface area (Å²) < 4.78 is 23.4. The zero-order valence-corrected chi connectivity index (χ0v) is 34.7. The number of aliphatic hydroxyl groups is 2. The van der Waals surface area contributed by atoms with Crippen molar-refractivity contribution in [2.45, 2.75) is 141 Å². The molecule has 0 spiro atoms. The summed E-state index contributed by atoms with van der Waals surface area (Å²) in [7, 11) is 1.48. The number of nitrogens with zero attached hydrogens (tertiary/aromatic N) is 1. The highest BCUT2D eigenvalue weighted by molar-refractivity contribution is 7.47. The fraction of sp³-hybridized carbons (Fsp3) is 0.651. The van der Waals surface area contributed by atoms with Crippen LogP contribution in [-0.2, 0) is 18.4 Å². The second kappa shape index (κ2) is 34.2. The maximum Gasteiger partial charge on any atom is 0.472 e. The molecule has 0 aromatic carbocycles. The maximum atomic E-state index is 12.8. The molecule has 1 amide bonds. The Labute approximate surface area is 323 Å². The zero-order chi connectivity index (χ0) is 39.5. The molecule has 4 atom stereocenters. The molecule has 0 radical (unpaired) electrons. The van der Waals surface area contributed by atoms with Gasteiger partial charge < -0.3 is 24.9 Å². The van der Waals surface area contributed by atoms with E-state index in [0.29, 0.717) is 23.9 Å². The van der Waals surface area contributed by atoms with Gasteiger partial charge in [-0.15, -0.1) is 0 Å². The second-order valence-corrected chi connectivity index (χ2v) is 15.9.